The van der Waals surface area contributed by atoms with Gasteiger partial charge in [0.2, 0.25) is 5.91 Å². The smallest absolute Gasteiger partial charge is 0.329 e. The van der Waals surface area contributed by atoms with Gasteiger partial charge in [0.1, 0.15) is 18.0 Å². The molecule has 3 aromatic rings. The van der Waals surface area contributed by atoms with Crippen LogP contribution in [0.4, 0.5) is 10.5 Å². The topological polar surface area (TPSA) is 91.7 Å². The molecule has 2 N–H and O–H groups in total. The largest absolute Gasteiger partial charge is 0.450 e. The van der Waals surface area contributed by atoms with E-state index in [1.54, 1.807) is 24.3 Å². The van der Waals surface area contributed by atoms with E-state index in [4.69, 9.17) is 4.42 Å². The molecule has 1 aliphatic heterocycles. The molecule has 1 fully saturated rings. The Bertz CT molecular complexity index is 1200. The predicted molar refractivity (Wildman–Crippen MR) is 122 cm³/mol. The first-order valence-electron chi connectivity index (χ1n) is 9.93. The van der Waals surface area contributed by atoms with Gasteiger partial charge in [-0.3, -0.25) is 9.59 Å². The number of benzene rings is 2. The molecule has 162 valence electrons. The Morgan fingerprint density at radius 2 is 1.66 bits per heavy atom. The minimum Gasteiger partial charge on any atom is -0.450 e. The van der Waals surface area contributed by atoms with Crippen molar-refractivity contribution in [1.29, 1.82) is 0 Å². The van der Waals surface area contributed by atoms with Crippen LogP contribution < -0.4 is 10.6 Å². The molecule has 1 aromatic heterocycles. The van der Waals surface area contributed by atoms with Gasteiger partial charge in [-0.05, 0) is 50.2 Å². The minimum atomic E-state index is -0.652. The molecule has 1 aliphatic rings. The van der Waals surface area contributed by atoms with E-state index in [2.05, 4.69) is 10.6 Å². The van der Waals surface area contributed by atoms with Gasteiger partial charge in [-0.2, -0.15) is 0 Å². The second-order valence-electron chi connectivity index (χ2n) is 7.37. The van der Waals surface area contributed by atoms with Gasteiger partial charge in [-0.25, -0.2) is 9.69 Å². The summed E-state index contributed by atoms with van der Waals surface area (Å²) in [6.45, 7) is 3.58. The van der Waals surface area contributed by atoms with Crippen molar-refractivity contribution >= 4 is 41.4 Å². The Balaban J connectivity index is 1.39. The molecule has 0 atom stereocenters. The second kappa shape index (κ2) is 9.15. The van der Waals surface area contributed by atoms with Crippen molar-refractivity contribution in [2.45, 2.75) is 23.8 Å². The third kappa shape index (κ3) is 5.09. The molecule has 4 amide bonds. The van der Waals surface area contributed by atoms with Gasteiger partial charge in [0.05, 0.1) is 0 Å². The predicted octanol–water partition coefficient (Wildman–Crippen LogP) is 4.58. The van der Waals surface area contributed by atoms with Gasteiger partial charge in [-0.15, -0.1) is 0 Å². The lowest BCUT2D eigenvalue weighted by atomic mass is 10.2. The summed E-state index contributed by atoms with van der Waals surface area (Å²) in [6.07, 6.45) is 1.46. The van der Waals surface area contributed by atoms with Crippen LogP contribution in [0.25, 0.3) is 6.08 Å². The number of nitrogens with one attached hydrogen (secondary N) is 2. The highest BCUT2D eigenvalue weighted by Crippen LogP contribution is 2.30. The number of hydrogen-bond donors (Lipinski definition) is 2. The third-order valence-electron chi connectivity index (χ3n) is 4.73. The van der Waals surface area contributed by atoms with Crippen molar-refractivity contribution in [2.24, 2.45) is 0 Å². The van der Waals surface area contributed by atoms with Crippen molar-refractivity contribution in [3.8, 4) is 0 Å². The quantitative estimate of drug-likeness (QED) is 0.426. The number of hydrogen-bond acceptors (Lipinski definition) is 5. The second-order valence-corrected chi connectivity index (χ2v) is 8.44. The Kier molecular flexibility index (Phi) is 6.13. The maximum atomic E-state index is 12.6. The first-order chi connectivity index (χ1) is 15.4. The summed E-state index contributed by atoms with van der Waals surface area (Å²) >= 11 is 1.46. The normalized spacial score (nSPS) is 14.7. The Labute approximate surface area is 189 Å². The molecule has 2 heterocycles. The highest BCUT2D eigenvalue weighted by Gasteiger charge is 2.35. The van der Waals surface area contributed by atoms with E-state index < -0.39 is 17.8 Å². The van der Waals surface area contributed by atoms with Gasteiger partial charge in [0.25, 0.3) is 5.91 Å². The first-order valence-corrected chi connectivity index (χ1v) is 10.7. The fourth-order valence-corrected chi connectivity index (χ4v) is 3.81. The lowest BCUT2D eigenvalue weighted by Gasteiger charge is -2.12. The molecule has 2 aromatic carbocycles. The fraction of sp³-hybridized carbons (Fsp3) is 0.125. The lowest BCUT2D eigenvalue weighted by Crippen LogP contribution is -2.38. The van der Waals surface area contributed by atoms with E-state index in [1.165, 1.54) is 23.4 Å². The van der Waals surface area contributed by atoms with E-state index in [0.717, 1.165) is 15.4 Å². The van der Waals surface area contributed by atoms with Crippen LogP contribution in [0.15, 0.2) is 80.8 Å². The van der Waals surface area contributed by atoms with Crippen LogP contribution in [-0.4, -0.2) is 29.3 Å². The Morgan fingerprint density at radius 3 is 2.34 bits per heavy atom. The van der Waals surface area contributed by atoms with Crippen LogP contribution in [0.2, 0.25) is 0 Å². The summed E-state index contributed by atoms with van der Waals surface area (Å²) in [5.74, 6) is -0.624. The van der Waals surface area contributed by atoms with Crippen LogP contribution in [0.3, 0.4) is 0 Å². The van der Waals surface area contributed by atoms with Gasteiger partial charge in [0, 0.05) is 16.7 Å². The Hall–Kier alpha value is -3.78. The zero-order valence-electron chi connectivity index (χ0n) is 17.5. The summed E-state index contributed by atoms with van der Waals surface area (Å²) < 4.78 is 5.75. The van der Waals surface area contributed by atoms with Crippen LogP contribution in [0.5, 0.6) is 0 Å². The molecule has 0 unspecified atom stereocenters. The number of amides is 4. The molecule has 8 heteroatoms. The number of aryl methyl sites for hydroxylation is 2. The van der Waals surface area contributed by atoms with Gasteiger partial charge in [-0.1, -0.05) is 47.2 Å². The third-order valence-corrected chi connectivity index (χ3v) is 5.66. The molecule has 0 aliphatic carbocycles. The van der Waals surface area contributed by atoms with Gasteiger partial charge < -0.3 is 15.1 Å². The zero-order chi connectivity index (χ0) is 22.7. The molecule has 32 heavy (non-hydrogen) atoms. The van der Waals surface area contributed by atoms with E-state index in [-0.39, 0.29) is 12.2 Å². The number of anilines is 1. The highest BCUT2D eigenvalue weighted by molar-refractivity contribution is 7.99. The monoisotopic (exact) mass is 447 g/mol. The summed E-state index contributed by atoms with van der Waals surface area (Å²) in [6, 6.07) is 18.1. The van der Waals surface area contributed by atoms with Crippen molar-refractivity contribution < 1.29 is 18.8 Å². The molecular formula is C24H21N3O4S. The number of rotatable bonds is 6. The molecule has 7 nitrogen and oxygen atoms in total. The molecule has 4 rings (SSSR count). The molecule has 0 radical (unpaired) electrons. The first kappa shape index (κ1) is 21.5. The lowest BCUT2D eigenvalue weighted by molar-refractivity contribution is -0.127. The fourth-order valence-electron chi connectivity index (χ4n) is 3.03. The van der Waals surface area contributed by atoms with E-state index in [9.17, 15) is 14.4 Å². The zero-order valence-corrected chi connectivity index (χ0v) is 18.4. The number of urea groups is 1. The van der Waals surface area contributed by atoms with E-state index >= 15 is 0 Å². The summed E-state index contributed by atoms with van der Waals surface area (Å²) in [5, 5.41) is 5.83. The summed E-state index contributed by atoms with van der Waals surface area (Å²) in [7, 11) is 0. The van der Waals surface area contributed by atoms with Crippen LogP contribution >= 0.6 is 11.8 Å². The molecule has 1 saturated heterocycles. The molecule has 0 spiro atoms. The van der Waals surface area contributed by atoms with E-state index in [1.807, 2.05) is 50.2 Å². The van der Waals surface area contributed by atoms with Crippen molar-refractivity contribution in [1.82, 2.24) is 10.2 Å². The molecule has 0 saturated carbocycles. The average molecular weight is 448 g/mol. The summed E-state index contributed by atoms with van der Waals surface area (Å²) in [4.78, 5) is 39.0. The van der Waals surface area contributed by atoms with Crippen LogP contribution in [0.1, 0.15) is 16.9 Å². The maximum Gasteiger partial charge on any atom is 0.329 e. The number of carbonyl (C=O) groups is 3. The van der Waals surface area contributed by atoms with Crippen molar-refractivity contribution in [2.75, 3.05) is 11.9 Å². The number of nitrogens with zero attached hydrogens (tertiary/aromatic N) is 1. The van der Waals surface area contributed by atoms with Crippen molar-refractivity contribution in [3.63, 3.8) is 0 Å². The number of carbonyl (C=O) groups excluding carboxylic acids is 3. The van der Waals surface area contributed by atoms with Crippen LogP contribution in [-0.2, 0) is 9.59 Å². The molecule has 0 bridgehead atoms. The highest BCUT2D eigenvalue weighted by atomic mass is 32.2. The van der Waals surface area contributed by atoms with E-state index in [0.29, 0.717) is 16.5 Å². The number of furan rings is 1. The van der Waals surface area contributed by atoms with Gasteiger partial charge >= 0.3 is 6.03 Å². The van der Waals surface area contributed by atoms with Crippen molar-refractivity contribution in [3.05, 3.63) is 83.2 Å². The number of imide groups is 1. The minimum absolute atomic E-state index is 0.0550. The maximum absolute atomic E-state index is 12.6. The average Bonchev–Trinajstić information content (AvgIpc) is 3.31. The Morgan fingerprint density at radius 1 is 1.00 bits per heavy atom. The summed E-state index contributed by atoms with van der Waals surface area (Å²) in [5.41, 5.74) is 2.88. The molecular weight excluding hydrogens is 426 g/mol. The standard InChI is InChI=1S/C24H21N3O4S/c1-15-3-7-17(8-4-15)25-21(28)14-27-23(29)20(26-24(27)30)13-18-9-12-22(31-18)32-19-10-5-16(2)6-11-19/h3-13H,14H2,1-2H3,(H,25,28)(H,26,30)/b20-13+. The SMILES string of the molecule is Cc1ccc(NC(=O)CN2C(=O)N/C(=C/c3ccc(Sc4ccc(C)cc4)o3)C2=O)cc1. The van der Waals surface area contributed by atoms with Gasteiger partial charge in [0.15, 0.2) is 5.09 Å². The van der Waals surface area contributed by atoms with Crippen LogP contribution in [0, 0.1) is 13.8 Å².